The first-order valence-electron chi connectivity index (χ1n) is 8.86. The second-order valence-electron chi connectivity index (χ2n) is 6.63. The van der Waals surface area contributed by atoms with Gasteiger partial charge in [-0.15, -0.1) is 0 Å². The van der Waals surface area contributed by atoms with E-state index in [-0.39, 0.29) is 29.3 Å². The van der Waals surface area contributed by atoms with Gasteiger partial charge in [0.05, 0.1) is 6.61 Å². The number of ether oxygens (including phenoxy) is 1. The van der Waals surface area contributed by atoms with E-state index in [2.05, 4.69) is 5.32 Å². The SMILES string of the molecule is COCCNC(=O)C1c2cc(Cl)ccc2C(=O)N1C(c1cccc(F)c1)C(F)(F)F. The maximum atomic E-state index is 14.1. The van der Waals surface area contributed by atoms with Crippen molar-refractivity contribution in [1.29, 1.82) is 0 Å². The van der Waals surface area contributed by atoms with Gasteiger partial charge in [-0.25, -0.2) is 4.39 Å². The van der Waals surface area contributed by atoms with Crippen molar-refractivity contribution in [2.24, 2.45) is 0 Å². The van der Waals surface area contributed by atoms with E-state index in [4.69, 9.17) is 16.3 Å². The molecular weight excluding hydrogens is 428 g/mol. The molecule has 5 nitrogen and oxygen atoms in total. The Balaban J connectivity index is 2.13. The molecule has 1 N–H and O–H groups in total. The maximum absolute atomic E-state index is 14.1. The molecule has 3 rings (SSSR count). The molecule has 1 aliphatic heterocycles. The van der Waals surface area contributed by atoms with Crippen molar-refractivity contribution in [3.8, 4) is 0 Å². The Labute approximate surface area is 174 Å². The molecule has 2 aromatic carbocycles. The molecule has 30 heavy (non-hydrogen) atoms. The number of hydrogen-bond acceptors (Lipinski definition) is 3. The lowest BCUT2D eigenvalue weighted by Crippen LogP contribution is -2.46. The van der Waals surface area contributed by atoms with Gasteiger partial charge in [0.25, 0.3) is 5.91 Å². The smallest absolute Gasteiger partial charge is 0.383 e. The largest absolute Gasteiger partial charge is 0.413 e. The molecule has 0 bridgehead atoms. The zero-order chi connectivity index (χ0) is 22.1. The Morgan fingerprint density at radius 2 is 2.00 bits per heavy atom. The molecule has 0 aliphatic carbocycles. The van der Waals surface area contributed by atoms with Crippen LogP contribution >= 0.6 is 11.6 Å². The summed E-state index contributed by atoms with van der Waals surface area (Å²) >= 11 is 5.97. The Hall–Kier alpha value is -2.65. The highest BCUT2D eigenvalue weighted by Crippen LogP contribution is 2.47. The maximum Gasteiger partial charge on any atom is 0.413 e. The van der Waals surface area contributed by atoms with E-state index in [9.17, 15) is 27.2 Å². The lowest BCUT2D eigenvalue weighted by Gasteiger charge is -2.34. The number of fused-ring (bicyclic) bond motifs is 1. The topological polar surface area (TPSA) is 58.6 Å². The number of amides is 2. The van der Waals surface area contributed by atoms with E-state index >= 15 is 0 Å². The van der Waals surface area contributed by atoms with Gasteiger partial charge in [0.2, 0.25) is 5.91 Å². The first-order valence-corrected chi connectivity index (χ1v) is 9.24. The third-order valence-corrected chi connectivity index (χ3v) is 4.89. The minimum absolute atomic E-state index is 0.0282. The van der Waals surface area contributed by atoms with E-state index in [0.717, 1.165) is 18.2 Å². The van der Waals surface area contributed by atoms with Crippen LogP contribution < -0.4 is 5.32 Å². The van der Waals surface area contributed by atoms with E-state index in [0.29, 0.717) is 11.0 Å². The molecule has 0 radical (unpaired) electrons. The number of alkyl halides is 3. The second-order valence-corrected chi connectivity index (χ2v) is 7.07. The number of nitrogens with one attached hydrogen (secondary N) is 1. The van der Waals surface area contributed by atoms with Gasteiger partial charge in [-0.1, -0.05) is 23.7 Å². The van der Waals surface area contributed by atoms with Crippen molar-refractivity contribution in [2.75, 3.05) is 20.3 Å². The molecule has 2 aromatic rings. The number of benzene rings is 2. The molecular formula is C20H17ClF4N2O3. The Morgan fingerprint density at radius 3 is 2.63 bits per heavy atom. The van der Waals surface area contributed by atoms with Crippen molar-refractivity contribution < 1.29 is 31.9 Å². The van der Waals surface area contributed by atoms with Crippen LogP contribution in [0.2, 0.25) is 5.02 Å². The quantitative estimate of drug-likeness (QED) is 0.540. The minimum Gasteiger partial charge on any atom is -0.383 e. The molecule has 160 valence electrons. The zero-order valence-electron chi connectivity index (χ0n) is 15.7. The van der Waals surface area contributed by atoms with Crippen LogP contribution in [0.15, 0.2) is 42.5 Å². The summed E-state index contributed by atoms with van der Waals surface area (Å²) in [6.07, 6.45) is -4.97. The molecule has 0 saturated heterocycles. The highest BCUT2D eigenvalue weighted by atomic mass is 35.5. The van der Waals surface area contributed by atoms with Crippen molar-refractivity contribution in [1.82, 2.24) is 10.2 Å². The Bertz CT molecular complexity index is 967. The van der Waals surface area contributed by atoms with Crippen LogP contribution in [0.4, 0.5) is 17.6 Å². The van der Waals surface area contributed by atoms with Gasteiger partial charge in [-0.2, -0.15) is 13.2 Å². The highest BCUT2D eigenvalue weighted by molar-refractivity contribution is 6.31. The molecule has 2 atom stereocenters. The fraction of sp³-hybridized carbons (Fsp3) is 0.300. The lowest BCUT2D eigenvalue weighted by atomic mass is 10.0. The monoisotopic (exact) mass is 444 g/mol. The predicted octanol–water partition coefficient (Wildman–Crippen LogP) is 4.04. The molecule has 0 saturated carbocycles. The fourth-order valence-corrected chi connectivity index (χ4v) is 3.63. The van der Waals surface area contributed by atoms with E-state index in [1.165, 1.54) is 25.3 Å². The standard InChI is InChI=1S/C20H17ClF4N2O3/c1-30-8-7-26-18(28)16-15-10-12(21)5-6-14(15)19(29)27(16)17(20(23,24)25)11-3-2-4-13(22)9-11/h2-6,9-10,16-17H,7-8H2,1H3,(H,26,28). The van der Waals surface area contributed by atoms with Crippen molar-refractivity contribution in [3.05, 3.63) is 70.0 Å². The summed E-state index contributed by atoms with van der Waals surface area (Å²) in [6.45, 7) is 0.155. The first-order chi connectivity index (χ1) is 14.1. The van der Waals surface area contributed by atoms with Gasteiger partial charge in [0, 0.05) is 24.2 Å². The fourth-order valence-electron chi connectivity index (χ4n) is 3.45. The molecule has 0 spiro atoms. The summed E-state index contributed by atoms with van der Waals surface area (Å²) in [7, 11) is 1.40. The average molecular weight is 445 g/mol. The number of carbonyl (C=O) groups is 2. The van der Waals surface area contributed by atoms with Crippen molar-refractivity contribution in [2.45, 2.75) is 18.3 Å². The Kier molecular flexibility index (Phi) is 6.33. The summed E-state index contributed by atoms with van der Waals surface area (Å²) in [5.41, 5.74) is -0.519. The van der Waals surface area contributed by atoms with Crippen LogP contribution in [0.3, 0.4) is 0 Å². The number of halogens is 5. The predicted molar refractivity (Wildman–Crippen MR) is 100 cm³/mol. The third-order valence-electron chi connectivity index (χ3n) is 4.66. The number of carbonyl (C=O) groups excluding carboxylic acids is 2. The van der Waals surface area contributed by atoms with Gasteiger partial charge in [0.15, 0.2) is 6.04 Å². The summed E-state index contributed by atoms with van der Waals surface area (Å²) in [5.74, 6) is -2.72. The molecule has 2 amide bonds. The van der Waals surface area contributed by atoms with Gasteiger partial charge in [-0.05, 0) is 41.5 Å². The second kappa shape index (κ2) is 8.61. The van der Waals surface area contributed by atoms with Crippen molar-refractivity contribution in [3.63, 3.8) is 0 Å². The number of hydrogen-bond donors (Lipinski definition) is 1. The van der Waals surface area contributed by atoms with Crippen LogP contribution in [-0.4, -0.2) is 43.2 Å². The van der Waals surface area contributed by atoms with E-state index in [1.807, 2.05) is 0 Å². The lowest BCUT2D eigenvalue weighted by molar-refractivity contribution is -0.184. The number of rotatable bonds is 6. The van der Waals surface area contributed by atoms with Gasteiger partial charge in [-0.3, -0.25) is 9.59 Å². The summed E-state index contributed by atoms with van der Waals surface area (Å²) in [5, 5.41) is 2.62. The van der Waals surface area contributed by atoms with Crippen LogP contribution in [0.1, 0.15) is 33.6 Å². The van der Waals surface area contributed by atoms with Crippen molar-refractivity contribution >= 4 is 23.4 Å². The van der Waals surface area contributed by atoms with Gasteiger partial charge >= 0.3 is 6.18 Å². The zero-order valence-corrected chi connectivity index (χ0v) is 16.4. The summed E-state index contributed by atoms with van der Waals surface area (Å²) in [4.78, 5) is 26.2. The average Bonchev–Trinajstić information content (AvgIpc) is 2.93. The van der Waals surface area contributed by atoms with Crippen LogP contribution in [0.25, 0.3) is 0 Å². The highest BCUT2D eigenvalue weighted by Gasteiger charge is 2.54. The Morgan fingerprint density at radius 1 is 1.27 bits per heavy atom. The molecule has 10 heteroatoms. The molecule has 0 fully saturated rings. The first kappa shape index (κ1) is 22.0. The normalized spacial score (nSPS) is 17.1. The van der Waals surface area contributed by atoms with Gasteiger partial charge < -0.3 is 15.0 Å². The summed E-state index contributed by atoms with van der Waals surface area (Å²) < 4.78 is 60.9. The van der Waals surface area contributed by atoms with Crippen LogP contribution in [0, 0.1) is 5.82 Å². The third kappa shape index (κ3) is 4.27. The molecule has 1 aliphatic rings. The van der Waals surface area contributed by atoms with E-state index < -0.39 is 41.5 Å². The number of nitrogens with zero attached hydrogens (tertiary/aromatic N) is 1. The molecule has 2 unspecified atom stereocenters. The summed E-state index contributed by atoms with van der Waals surface area (Å²) in [6, 6.07) is 3.64. The van der Waals surface area contributed by atoms with Crippen LogP contribution in [0.5, 0.6) is 0 Å². The minimum atomic E-state index is -4.97. The van der Waals surface area contributed by atoms with Crippen LogP contribution in [-0.2, 0) is 9.53 Å². The molecule has 1 heterocycles. The molecule has 0 aromatic heterocycles. The van der Waals surface area contributed by atoms with Gasteiger partial charge in [0.1, 0.15) is 11.9 Å². The number of methoxy groups -OCH3 is 1. The van der Waals surface area contributed by atoms with E-state index in [1.54, 1.807) is 0 Å².